The summed E-state index contributed by atoms with van der Waals surface area (Å²) >= 11 is 5.20. The van der Waals surface area contributed by atoms with Gasteiger partial charge in [0, 0.05) is 30.5 Å². The number of aromatic amines is 1. The van der Waals surface area contributed by atoms with Crippen molar-refractivity contribution < 1.29 is 4.79 Å². The zero-order valence-corrected chi connectivity index (χ0v) is 14.8. The van der Waals surface area contributed by atoms with Gasteiger partial charge in [0.15, 0.2) is 4.77 Å². The molecule has 0 aliphatic rings. The Bertz CT molecular complexity index is 1050. The van der Waals surface area contributed by atoms with Crippen molar-refractivity contribution in [2.75, 3.05) is 0 Å². The molecule has 0 fully saturated rings. The molecule has 128 valence electrons. The maximum absolute atomic E-state index is 12.4. The molecular weight excluding hydrogens is 336 g/mol. The molecule has 0 unspecified atom stereocenters. The van der Waals surface area contributed by atoms with E-state index in [1.54, 1.807) is 24.4 Å². The van der Waals surface area contributed by atoms with Crippen molar-refractivity contribution in [2.45, 2.75) is 26.9 Å². The molecule has 2 N–H and O–H groups in total. The number of hydrogen-bond acceptors (Lipinski definition) is 4. The third-order valence-electron chi connectivity index (χ3n) is 3.99. The zero-order valence-electron chi connectivity index (χ0n) is 14.0. The van der Waals surface area contributed by atoms with Gasteiger partial charge in [-0.25, -0.2) is 0 Å². The van der Waals surface area contributed by atoms with Gasteiger partial charge < -0.3 is 10.3 Å². The number of rotatable bonds is 4. The van der Waals surface area contributed by atoms with Crippen LogP contribution in [-0.2, 0) is 13.1 Å². The van der Waals surface area contributed by atoms with E-state index in [4.69, 9.17) is 12.2 Å². The van der Waals surface area contributed by atoms with Gasteiger partial charge in [-0.15, -0.1) is 0 Å². The Hall–Kier alpha value is -2.80. The maximum atomic E-state index is 12.4. The molecule has 25 heavy (non-hydrogen) atoms. The van der Waals surface area contributed by atoms with Crippen molar-refractivity contribution in [2.24, 2.45) is 0 Å². The first kappa shape index (κ1) is 17.0. The van der Waals surface area contributed by atoms with Gasteiger partial charge >= 0.3 is 0 Å². The molecule has 3 rings (SSSR count). The number of pyridine rings is 1. The number of hydrogen-bond donors (Lipinski definition) is 2. The van der Waals surface area contributed by atoms with Gasteiger partial charge in [0.05, 0.1) is 10.9 Å². The molecule has 0 bridgehead atoms. The Balaban J connectivity index is 1.86. The highest BCUT2D eigenvalue weighted by Crippen LogP contribution is 2.11. The number of carbonyl (C=O) groups is 1. The van der Waals surface area contributed by atoms with Crippen LogP contribution in [0.4, 0.5) is 0 Å². The minimum absolute atomic E-state index is 0.154. The van der Waals surface area contributed by atoms with E-state index in [1.807, 2.05) is 26.0 Å². The second kappa shape index (κ2) is 6.98. The highest BCUT2D eigenvalue weighted by molar-refractivity contribution is 7.71. The summed E-state index contributed by atoms with van der Waals surface area (Å²) in [7, 11) is 0. The first-order chi connectivity index (χ1) is 12.0. The average molecular weight is 354 g/mol. The van der Waals surface area contributed by atoms with Gasteiger partial charge in [-0.05, 0) is 55.9 Å². The average Bonchev–Trinajstić information content (AvgIpc) is 2.61. The summed E-state index contributed by atoms with van der Waals surface area (Å²) in [6.07, 6.45) is 1.74. The normalized spacial score (nSPS) is 10.8. The number of amides is 1. The molecule has 2 heterocycles. The largest absolute Gasteiger partial charge is 0.348 e. The monoisotopic (exact) mass is 354 g/mol. The van der Waals surface area contributed by atoms with E-state index in [0.29, 0.717) is 34.3 Å². The molecule has 0 aliphatic heterocycles. The zero-order chi connectivity index (χ0) is 18.0. The van der Waals surface area contributed by atoms with Crippen LogP contribution >= 0.6 is 12.2 Å². The van der Waals surface area contributed by atoms with Crippen LogP contribution in [0.3, 0.4) is 0 Å². The molecule has 1 aromatic carbocycles. The number of nitrogens with zero attached hydrogens (tertiary/aromatic N) is 2. The SMILES string of the molecule is CCn1c(=S)[nH]c2cc(C(=O)NCc3ccc(C)nc3)ccc2c1=O. The Morgan fingerprint density at radius 1 is 1.32 bits per heavy atom. The van der Waals surface area contributed by atoms with Crippen molar-refractivity contribution in [1.82, 2.24) is 19.9 Å². The second-order valence-electron chi connectivity index (χ2n) is 5.73. The first-order valence-electron chi connectivity index (χ1n) is 7.96. The van der Waals surface area contributed by atoms with E-state index in [1.165, 1.54) is 4.57 Å². The number of H-pyrrole nitrogens is 1. The lowest BCUT2D eigenvalue weighted by Gasteiger charge is -2.08. The Kier molecular flexibility index (Phi) is 4.76. The molecule has 0 aliphatic carbocycles. The van der Waals surface area contributed by atoms with Crippen molar-refractivity contribution in [3.05, 3.63) is 68.5 Å². The van der Waals surface area contributed by atoms with Crippen LogP contribution in [0, 0.1) is 11.7 Å². The summed E-state index contributed by atoms with van der Waals surface area (Å²) in [6.45, 7) is 4.65. The lowest BCUT2D eigenvalue weighted by Crippen LogP contribution is -2.24. The molecule has 0 atom stereocenters. The fourth-order valence-corrected chi connectivity index (χ4v) is 2.89. The smallest absolute Gasteiger partial charge is 0.262 e. The summed E-state index contributed by atoms with van der Waals surface area (Å²) in [5, 5.41) is 3.36. The van der Waals surface area contributed by atoms with Gasteiger partial charge in [-0.1, -0.05) is 6.07 Å². The van der Waals surface area contributed by atoms with Crippen LogP contribution < -0.4 is 10.9 Å². The summed E-state index contributed by atoms with van der Waals surface area (Å²) in [6, 6.07) is 8.76. The Labute approximate surface area is 149 Å². The predicted octanol–water partition coefficient (Wildman–Crippen LogP) is 2.71. The van der Waals surface area contributed by atoms with E-state index in [0.717, 1.165) is 11.3 Å². The number of carbonyl (C=O) groups excluding carboxylic acids is 1. The molecule has 0 saturated carbocycles. The molecule has 0 spiro atoms. The number of nitrogens with one attached hydrogen (secondary N) is 2. The van der Waals surface area contributed by atoms with Crippen LogP contribution in [-0.4, -0.2) is 20.4 Å². The highest BCUT2D eigenvalue weighted by atomic mass is 32.1. The summed E-state index contributed by atoms with van der Waals surface area (Å²) in [5.74, 6) is -0.221. The Morgan fingerprint density at radius 3 is 2.80 bits per heavy atom. The van der Waals surface area contributed by atoms with E-state index in [-0.39, 0.29) is 11.5 Å². The number of fused-ring (bicyclic) bond motifs is 1. The standard InChI is InChI=1S/C18H18N4O2S/c1-3-22-17(24)14-7-6-13(8-15(14)21-18(22)25)16(23)20-10-12-5-4-11(2)19-9-12/h4-9H,3,10H2,1-2H3,(H,20,23)(H,21,25). The molecule has 2 aromatic heterocycles. The number of aryl methyl sites for hydroxylation is 1. The molecule has 7 heteroatoms. The number of benzene rings is 1. The fraction of sp³-hybridized carbons (Fsp3) is 0.222. The van der Waals surface area contributed by atoms with E-state index in [2.05, 4.69) is 15.3 Å². The third kappa shape index (κ3) is 3.51. The number of aromatic nitrogens is 3. The van der Waals surface area contributed by atoms with Gasteiger partial charge in [0.1, 0.15) is 0 Å². The predicted molar refractivity (Wildman–Crippen MR) is 99.2 cm³/mol. The summed E-state index contributed by atoms with van der Waals surface area (Å²) in [5.41, 5.74) is 2.72. The lowest BCUT2D eigenvalue weighted by molar-refractivity contribution is 0.0951. The van der Waals surface area contributed by atoms with Crippen molar-refractivity contribution in [3.8, 4) is 0 Å². The van der Waals surface area contributed by atoms with Crippen molar-refractivity contribution in [1.29, 1.82) is 0 Å². The third-order valence-corrected chi connectivity index (χ3v) is 4.31. The van der Waals surface area contributed by atoms with Crippen LogP contribution in [0.5, 0.6) is 0 Å². The van der Waals surface area contributed by atoms with Crippen LogP contribution in [0.25, 0.3) is 10.9 Å². The van der Waals surface area contributed by atoms with Crippen LogP contribution in [0.2, 0.25) is 0 Å². The van der Waals surface area contributed by atoms with Gasteiger partial charge in [0.25, 0.3) is 11.5 Å². The van der Waals surface area contributed by atoms with E-state index < -0.39 is 0 Å². The highest BCUT2D eigenvalue weighted by Gasteiger charge is 2.10. The van der Waals surface area contributed by atoms with Gasteiger partial charge in [-0.3, -0.25) is 19.1 Å². The van der Waals surface area contributed by atoms with Crippen molar-refractivity contribution >= 4 is 29.0 Å². The van der Waals surface area contributed by atoms with Crippen LogP contribution in [0.15, 0.2) is 41.3 Å². The minimum Gasteiger partial charge on any atom is -0.348 e. The molecule has 0 radical (unpaired) electrons. The molecule has 0 saturated heterocycles. The minimum atomic E-state index is -0.221. The Morgan fingerprint density at radius 2 is 2.12 bits per heavy atom. The molecule has 3 aromatic rings. The summed E-state index contributed by atoms with van der Waals surface area (Å²) in [4.78, 5) is 31.9. The molecule has 6 nitrogen and oxygen atoms in total. The molecule has 1 amide bonds. The first-order valence-corrected chi connectivity index (χ1v) is 8.37. The van der Waals surface area contributed by atoms with Gasteiger partial charge in [0.2, 0.25) is 0 Å². The molecular formula is C18H18N4O2S. The quantitative estimate of drug-likeness (QED) is 0.706. The maximum Gasteiger partial charge on any atom is 0.262 e. The topological polar surface area (TPSA) is 79.8 Å². The van der Waals surface area contributed by atoms with E-state index >= 15 is 0 Å². The van der Waals surface area contributed by atoms with Crippen LogP contribution in [0.1, 0.15) is 28.5 Å². The second-order valence-corrected chi connectivity index (χ2v) is 6.12. The van der Waals surface area contributed by atoms with Crippen molar-refractivity contribution in [3.63, 3.8) is 0 Å². The fourth-order valence-electron chi connectivity index (χ4n) is 2.57. The van der Waals surface area contributed by atoms with Gasteiger partial charge in [-0.2, -0.15) is 0 Å². The van der Waals surface area contributed by atoms with E-state index in [9.17, 15) is 9.59 Å². The summed E-state index contributed by atoms with van der Waals surface area (Å²) < 4.78 is 1.84. The lowest BCUT2D eigenvalue weighted by atomic mass is 10.1.